The Labute approximate surface area is 204 Å². The molecule has 1 heterocycles. The SMILES string of the molecule is Cc1ccc(SCc2nc(-c3ccc(C(=O)NC4CCCc5ccccc54)cc3)oc2C)cc1. The smallest absolute Gasteiger partial charge is 0.251 e. The highest BCUT2D eigenvalue weighted by molar-refractivity contribution is 7.98. The molecule has 4 nitrogen and oxygen atoms in total. The summed E-state index contributed by atoms with van der Waals surface area (Å²) in [6.45, 7) is 4.04. The van der Waals surface area contributed by atoms with E-state index < -0.39 is 0 Å². The summed E-state index contributed by atoms with van der Waals surface area (Å²) in [5.41, 5.74) is 6.29. The van der Waals surface area contributed by atoms with Crippen molar-refractivity contribution in [1.29, 1.82) is 0 Å². The molecule has 0 fully saturated rings. The van der Waals surface area contributed by atoms with Gasteiger partial charge < -0.3 is 9.73 Å². The zero-order valence-corrected chi connectivity index (χ0v) is 20.3. The summed E-state index contributed by atoms with van der Waals surface area (Å²) < 4.78 is 5.94. The van der Waals surface area contributed by atoms with Gasteiger partial charge in [-0.1, -0.05) is 42.0 Å². The van der Waals surface area contributed by atoms with E-state index in [9.17, 15) is 4.79 Å². The third-order valence-electron chi connectivity index (χ3n) is 6.36. The lowest BCUT2D eigenvalue weighted by Gasteiger charge is -2.26. The van der Waals surface area contributed by atoms with Gasteiger partial charge in [0.15, 0.2) is 0 Å². The fourth-order valence-corrected chi connectivity index (χ4v) is 5.28. The van der Waals surface area contributed by atoms with E-state index in [0.29, 0.717) is 11.5 Å². The highest BCUT2D eigenvalue weighted by Crippen LogP contribution is 2.30. The standard InChI is InChI=1S/C29H28N2O2S/c1-19-10-16-24(17-11-19)34-18-27-20(2)33-29(31-27)23-14-12-22(13-15-23)28(32)30-26-9-5-7-21-6-3-4-8-25(21)26/h3-4,6,8,10-17,26H,5,7,9,18H2,1-2H3,(H,30,32). The molecule has 0 spiro atoms. The predicted molar refractivity (Wildman–Crippen MR) is 137 cm³/mol. The maximum Gasteiger partial charge on any atom is 0.251 e. The van der Waals surface area contributed by atoms with Crippen molar-refractivity contribution in [2.75, 3.05) is 0 Å². The number of amides is 1. The van der Waals surface area contributed by atoms with Crippen LogP contribution in [0.1, 0.15) is 57.4 Å². The third kappa shape index (κ3) is 4.95. The van der Waals surface area contributed by atoms with Crippen LogP contribution in [0.2, 0.25) is 0 Å². The second kappa shape index (κ2) is 9.90. The lowest BCUT2D eigenvalue weighted by molar-refractivity contribution is 0.0932. The molecular formula is C29H28N2O2S. The summed E-state index contributed by atoms with van der Waals surface area (Å²) in [5.74, 6) is 2.12. The Bertz CT molecular complexity index is 1290. The van der Waals surface area contributed by atoms with Crippen molar-refractivity contribution in [2.45, 2.75) is 49.8 Å². The molecule has 5 rings (SSSR count). The van der Waals surface area contributed by atoms with Crippen LogP contribution in [0.3, 0.4) is 0 Å². The van der Waals surface area contributed by atoms with Crippen LogP contribution >= 0.6 is 11.8 Å². The Hall–Kier alpha value is -3.31. The number of oxazole rings is 1. The van der Waals surface area contributed by atoms with E-state index in [-0.39, 0.29) is 11.9 Å². The van der Waals surface area contributed by atoms with Gasteiger partial charge in [-0.15, -0.1) is 11.8 Å². The Kier molecular flexibility index (Phi) is 6.54. The largest absolute Gasteiger partial charge is 0.441 e. The van der Waals surface area contributed by atoms with E-state index >= 15 is 0 Å². The van der Waals surface area contributed by atoms with Gasteiger partial charge in [0, 0.05) is 21.8 Å². The van der Waals surface area contributed by atoms with Gasteiger partial charge >= 0.3 is 0 Å². The second-order valence-electron chi connectivity index (χ2n) is 8.82. The average molecular weight is 469 g/mol. The van der Waals surface area contributed by atoms with Gasteiger partial charge in [0.1, 0.15) is 5.76 Å². The minimum atomic E-state index is -0.0491. The molecule has 0 bridgehead atoms. The predicted octanol–water partition coefficient (Wildman–Crippen LogP) is 7.06. The Balaban J connectivity index is 1.25. The fourth-order valence-electron chi connectivity index (χ4n) is 4.38. The zero-order chi connectivity index (χ0) is 23.5. The van der Waals surface area contributed by atoms with Crippen LogP contribution in [0.4, 0.5) is 0 Å². The molecule has 0 aliphatic heterocycles. The molecule has 1 amide bonds. The van der Waals surface area contributed by atoms with Crippen molar-refractivity contribution in [3.05, 3.63) is 107 Å². The number of benzene rings is 3. The molecule has 1 aromatic heterocycles. The summed E-state index contributed by atoms with van der Waals surface area (Å²) in [5, 5.41) is 3.22. The first kappa shape index (κ1) is 22.5. The summed E-state index contributed by atoms with van der Waals surface area (Å²) >= 11 is 1.75. The number of carbonyl (C=O) groups excluding carboxylic acids is 1. The molecule has 5 heteroatoms. The normalized spacial score (nSPS) is 15.1. The van der Waals surface area contributed by atoms with Crippen molar-refractivity contribution in [3.63, 3.8) is 0 Å². The quantitative estimate of drug-likeness (QED) is 0.308. The van der Waals surface area contributed by atoms with Crippen LogP contribution in [0.25, 0.3) is 11.5 Å². The van der Waals surface area contributed by atoms with Crippen LogP contribution < -0.4 is 5.32 Å². The molecule has 0 radical (unpaired) electrons. The first-order valence-electron chi connectivity index (χ1n) is 11.7. The van der Waals surface area contributed by atoms with Crippen molar-refractivity contribution >= 4 is 17.7 Å². The molecule has 0 saturated carbocycles. The zero-order valence-electron chi connectivity index (χ0n) is 19.5. The van der Waals surface area contributed by atoms with Gasteiger partial charge in [-0.2, -0.15) is 0 Å². The Morgan fingerprint density at radius 1 is 1.03 bits per heavy atom. The topological polar surface area (TPSA) is 55.1 Å². The van der Waals surface area contributed by atoms with E-state index in [0.717, 1.165) is 42.0 Å². The lowest BCUT2D eigenvalue weighted by atomic mass is 9.87. The third-order valence-corrected chi connectivity index (χ3v) is 7.38. The number of hydrogen-bond donors (Lipinski definition) is 1. The number of rotatable bonds is 6. The molecule has 172 valence electrons. The van der Waals surface area contributed by atoms with Crippen LogP contribution in [0.5, 0.6) is 0 Å². The van der Waals surface area contributed by atoms with Crippen molar-refractivity contribution in [3.8, 4) is 11.5 Å². The van der Waals surface area contributed by atoms with Gasteiger partial charge in [0.05, 0.1) is 11.7 Å². The first-order chi connectivity index (χ1) is 16.6. The summed E-state index contributed by atoms with van der Waals surface area (Å²) in [7, 11) is 0. The molecule has 1 aliphatic rings. The number of nitrogens with one attached hydrogen (secondary N) is 1. The average Bonchev–Trinajstić information content (AvgIpc) is 3.24. The Morgan fingerprint density at radius 2 is 1.79 bits per heavy atom. The molecule has 1 aliphatic carbocycles. The van der Waals surface area contributed by atoms with Crippen LogP contribution in [-0.2, 0) is 12.2 Å². The van der Waals surface area contributed by atoms with Crippen molar-refractivity contribution in [1.82, 2.24) is 10.3 Å². The summed E-state index contributed by atoms with van der Waals surface area (Å²) in [4.78, 5) is 18.8. The molecule has 4 aromatic rings. The van der Waals surface area contributed by atoms with E-state index in [2.05, 4.69) is 54.7 Å². The number of hydrogen-bond acceptors (Lipinski definition) is 4. The monoisotopic (exact) mass is 468 g/mol. The van der Waals surface area contributed by atoms with E-state index in [1.54, 1.807) is 11.8 Å². The number of nitrogens with zero attached hydrogens (tertiary/aromatic N) is 1. The van der Waals surface area contributed by atoms with Crippen LogP contribution in [0, 0.1) is 13.8 Å². The number of fused-ring (bicyclic) bond motifs is 1. The van der Waals surface area contributed by atoms with Crippen LogP contribution in [0.15, 0.2) is 82.1 Å². The maximum atomic E-state index is 12.9. The number of carbonyl (C=O) groups is 1. The van der Waals surface area contributed by atoms with E-state index in [1.807, 2.05) is 37.3 Å². The van der Waals surface area contributed by atoms with E-state index in [1.165, 1.54) is 21.6 Å². The molecule has 1 unspecified atom stereocenters. The molecule has 1 atom stereocenters. The minimum absolute atomic E-state index is 0.0491. The highest BCUT2D eigenvalue weighted by Gasteiger charge is 2.22. The molecule has 1 N–H and O–H groups in total. The second-order valence-corrected chi connectivity index (χ2v) is 9.87. The number of thioether (sulfide) groups is 1. The van der Waals surface area contributed by atoms with Gasteiger partial charge in [-0.25, -0.2) is 4.98 Å². The molecule has 0 saturated heterocycles. The number of aryl methyl sites for hydroxylation is 3. The molecule has 34 heavy (non-hydrogen) atoms. The van der Waals surface area contributed by atoms with Crippen molar-refractivity contribution in [2.24, 2.45) is 0 Å². The van der Waals surface area contributed by atoms with Crippen LogP contribution in [-0.4, -0.2) is 10.9 Å². The Morgan fingerprint density at radius 3 is 2.59 bits per heavy atom. The summed E-state index contributed by atoms with van der Waals surface area (Å²) in [6, 6.07) is 24.5. The fraction of sp³-hybridized carbons (Fsp3) is 0.241. The molecular weight excluding hydrogens is 440 g/mol. The summed E-state index contributed by atoms with van der Waals surface area (Å²) in [6.07, 6.45) is 3.15. The highest BCUT2D eigenvalue weighted by atomic mass is 32.2. The molecule has 3 aromatic carbocycles. The number of aromatic nitrogens is 1. The van der Waals surface area contributed by atoms with Gasteiger partial charge in [0.25, 0.3) is 5.91 Å². The van der Waals surface area contributed by atoms with E-state index in [4.69, 9.17) is 9.40 Å². The first-order valence-corrected chi connectivity index (χ1v) is 12.7. The lowest BCUT2D eigenvalue weighted by Crippen LogP contribution is -2.30. The minimum Gasteiger partial charge on any atom is -0.441 e. The van der Waals surface area contributed by atoms with Crippen molar-refractivity contribution < 1.29 is 9.21 Å². The van der Waals surface area contributed by atoms with Gasteiger partial charge in [0.2, 0.25) is 5.89 Å². The maximum absolute atomic E-state index is 12.9. The van der Waals surface area contributed by atoms with Gasteiger partial charge in [-0.3, -0.25) is 4.79 Å². The van der Waals surface area contributed by atoms with Gasteiger partial charge in [-0.05, 0) is 80.6 Å².